The van der Waals surface area contributed by atoms with Crippen LogP contribution >= 0.6 is 0 Å². The molecule has 0 unspecified atom stereocenters. The molecule has 0 spiro atoms. The lowest BCUT2D eigenvalue weighted by molar-refractivity contribution is 0.589. The zero-order chi connectivity index (χ0) is 41.5. The van der Waals surface area contributed by atoms with E-state index in [4.69, 9.17) is 0 Å². The van der Waals surface area contributed by atoms with Gasteiger partial charge in [-0.25, -0.2) is 16.8 Å². The van der Waals surface area contributed by atoms with Crippen molar-refractivity contribution in [2.24, 2.45) is 0 Å². The summed E-state index contributed by atoms with van der Waals surface area (Å²) in [5.41, 5.74) is 13.9. The van der Waals surface area contributed by atoms with Crippen molar-refractivity contribution in [2.45, 2.75) is 70.9 Å². The molecule has 4 heterocycles. The van der Waals surface area contributed by atoms with Gasteiger partial charge < -0.3 is 9.13 Å². The Labute approximate surface area is 360 Å². The maximum Gasteiger partial charge on any atom is 0.211 e. The quantitative estimate of drug-likeness (QED) is 0.177. The number of fused-ring (bicyclic) bond motifs is 10. The molecule has 5 aromatic carbocycles. The second kappa shape index (κ2) is 13.0. The number of nitrogens with zero attached hydrogens (tertiary/aromatic N) is 2. The van der Waals surface area contributed by atoms with Crippen molar-refractivity contribution >= 4 is 53.6 Å². The first-order valence-corrected chi connectivity index (χ1v) is 24.6. The van der Waals surface area contributed by atoms with Crippen molar-refractivity contribution in [1.82, 2.24) is 9.13 Å². The number of sulfone groups is 2. The first kappa shape index (κ1) is 36.2. The number of hydrogen-bond acceptors (Lipinski definition) is 4. The maximum atomic E-state index is 15.7. The van der Waals surface area contributed by atoms with Crippen LogP contribution in [0.4, 0.5) is 0 Å². The van der Waals surface area contributed by atoms with Gasteiger partial charge >= 0.3 is 0 Å². The van der Waals surface area contributed by atoms with Crippen molar-refractivity contribution < 1.29 is 16.8 Å². The van der Waals surface area contributed by atoms with Crippen LogP contribution in [0.2, 0.25) is 0 Å². The van der Waals surface area contributed by atoms with E-state index in [-0.39, 0.29) is 19.6 Å². The van der Waals surface area contributed by atoms with Gasteiger partial charge in [0.2, 0.25) is 19.7 Å². The van der Waals surface area contributed by atoms with Crippen LogP contribution in [0.25, 0.3) is 67.6 Å². The Kier molecular flexibility index (Phi) is 7.60. The molecule has 0 saturated carbocycles. The van der Waals surface area contributed by atoms with E-state index in [1.54, 1.807) is 12.1 Å². The molecule has 0 radical (unpaired) electrons. The van der Waals surface area contributed by atoms with Crippen LogP contribution < -0.4 is 0 Å². The summed E-state index contributed by atoms with van der Waals surface area (Å²) >= 11 is 0. The molecule has 0 bridgehead atoms. The first-order chi connectivity index (χ1) is 30.3. The lowest BCUT2D eigenvalue weighted by Gasteiger charge is -2.29. The molecule has 0 saturated heterocycles. The molecule has 2 aromatic heterocycles. The zero-order valence-corrected chi connectivity index (χ0v) is 35.5. The van der Waals surface area contributed by atoms with Crippen LogP contribution in [0.1, 0.15) is 61.0 Å². The van der Waals surface area contributed by atoms with Gasteiger partial charge in [0.15, 0.2) is 0 Å². The van der Waals surface area contributed by atoms with E-state index in [1.165, 1.54) is 22.3 Å². The number of aromatic nitrogens is 2. The molecule has 0 fully saturated rings. The standard InChI is InChI=1S/C54H40N2O4S2/c57-61(58)49-32-48-50(31-47(49)55-45-29-37(33-13-5-1-6-14-33)21-23-41(45)43-27-25-39(53(61)51(43)55)35-17-9-3-10-18-35)62(59,60)54-40(36-19-11-4-12-20-36)26-28-44-42-24-22-38(34-15-7-2-8-16-34)30-46(42)56(48)52(44)54/h1-5,7,9-13,15,17-20,25-32H,6,8,14,16,21-24H2. The lowest BCUT2D eigenvalue weighted by atomic mass is 9.87. The van der Waals surface area contributed by atoms with Gasteiger partial charge in [-0.1, -0.05) is 121 Å². The molecule has 0 amide bonds. The number of benzene rings is 5. The fourth-order valence-electron chi connectivity index (χ4n) is 11.2. The van der Waals surface area contributed by atoms with Gasteiger partial charge in [0, 0.05) is 21.9 Å². The molecule has 302 valence electrons. The Bertz CT molecular complexity index is 3390. The number of allylic oxidation sites excluding steroid dienone is 10. The fraction of sp³-hybridized carbons (Fsp3) is 0.148. The average molecular weight is 845 g/mol. The van der Waals surface area contributed by atoms with Crippen LogP contribution in [0.3, 0.4) is 0 Å². The summed E-state index contributed by atoms with van der Waals surface area (Å²) < 4.78 is 67.1. The summed E-state index contributed by atoms with van der Waals surface area (Å²) in [6.45, 7) is 0. The van der Waals surface area contributed by atoms with E-state index in [2.05, 4.69) is 69.9 Å². The molecule has 6 aliphatic rings. The molecular formula is C54H40N2O4S2. The third-order valence-corrected chi connectivity index (χ3v) is 17.7. The van der Waals surface area contributed by atoms with Gasteiger partial charge in [-0.2, -0.15) is 0 Å². The highest BCUT2D eigenvalue weighted by atomic mass is 32.2. The Morgan fingerprint density at radius 2 is 0.887 bits per heavy atom. The molecule has 7 aromatic rings. The van der Waals surface area contributed by atoms with E-state index >= 15 is 16.8 Å². The fourth-order valence-corrected chi connectivity index (χ4v) is 14.9. The van der Waals surface area contributed by atoms with Crippen molar-refractivity contribution in [3.05, 3.63) is 178 Å². The molecule has 8 heteroatoms. The minimum Gasteiger partial charge on any atom is -0.307 e. The third-order valence-electron chi connectivity index (χ3n) is 14.0. The average Bonchev–Trinajstić information content (AvgIpc) is 3.83. The zero-order valence-electron chi connectivity index (χ0n) is 33.9. The molecule has 6 nitrogen and oxygen atoms in total. The van der Waals surface area contributed by atoms with E-state index in [9.17, 15) is 0 Å². The maximum absolute atomic E-state index is 15.7. The molecule has 0 atom stereocenters. The topological polar surface area (TPSA) is 78.1 Å². The second-order valence-corrected chi connectivity index (χ2v) is 21.0. The predicted octanol–water partition coefficient (Wildman–Crippen LogP) is 12.4. The summed E-state index contributed by atoms with van der Waals surface area (Å²) in [6, 6.07) is 30.9. The summed E-state index contributed by atoms with van der Waals surface area (Å²) in [7, 11) is -8.45. The molecular weight excluding hydrogens is 805 g/mol. The third kappa shape index (κ3) is 4.90. The highest BCUT2D eigenvalue weighted by Crippen LogP contribution is 2.54. The summed E-state index contributed by atoms with van der Waals surface area (Å²) in [6.07, 6.45) is 24.5. The summed E-state index contributed by atoms with van der Waals surface area (Å²) in [5.74, 6) is 0. The Morgan fingerprint density at radius 1 is 0.452 bits per heavy atom. The molecule has 13 rings (SSSR count). The molecule has 0 N–H and O–H groups in total. The van der Waals surface area contributed by atoms with Gasteiger partial charge in [0.05, 0.1) is 43.6 Å². The minimum absolute atomic E-state index is 0.112. The largest absolute Gasteiger partial charge is 0.307 e. The van der Waals surface area contributed by atoms with Crippen LogP contribution in [0.15, 0.2) is 175 Å². The number of rotatable bonds is 4. The lowest BCUT2D eigenvalue weighted by Crippen LogP contribution is -2.22. The second-order valence-electron chi connectivity index (χ2n) is 17.3. The van der Waals surface area contributed by atoms with Crippen LogP contribution in [0, 0.1) is 0 Å². The van der Waals surface area contributed by atoms with E-state index in [0.717, 1.165) is 95.8 Å². The van der Waals surface area contributed by atoms with E-state index in [1.807, 2.05) is 72.8 Å². The highest BCUT2D eigenvalue weighted by Gasteiger charge is 2.43. The van der Waals surface area contributed by atoms with Crippen LogP contribution in [-0.2, 0) is 32.5 Å². The van der Waals surface area contributed by atoms with Crippen LogP contribution in [-0.4, -0.2) is 26.0 Å². The van der Waals surface area contributed by atoms with Crippen LogP contribution in [0.5, 0.6) is 0 Å². The SMILES string of the molecule is O=S1(=O)c2cc3c(cc2-n2c4c(c5ccc(-c6ccccc6)c1c52)CCC(C1=CC=CCC1)=C4)S(=O)(=O)c1c(-c2ccccc2)ccc2c4c(n-3c12)C=C(C1=CC=CCC1)CC4. The van der Waals surface area contributed by atoms with E-state index in [0.29, 0.717) is 33.5 Å². The monoisotopic (exact) mass is 844 g/mol. The van der Waals surface area contributed by atoms with Gasteiger partial charge in [-0.15, -0.1) is 0 Å². The normalized spacial score (nSPS) is 18.6. The molecule has 2 aliphatic heterocycles. The number of hydrogen-bond donors (Lipinski definition) is 0. The van der Waals surface area contributed by atoms with Gasteiger partial charge in [0.1, 0.15) is 9.79 Å². The van der Waals surface area contributed by atoms with Crippen molar-refractivity contribution in [3.8, 4) is 33.6 Å². The van der Waals surface area contributed by atoms with Crippen molar-refractivity contribution in [2.75, 3.05) is 0 Å². The minimum atomic E-state index is -4.22. The number of aryl methyl sites for hydroxylation is 2. The first-order valence-electron chi connectivity index (χ1n) is 21.6. The smallest absolute Gasteiger partial charge is 0.211 e. The van der Waals surface area contributed by atoms with Gasteiger partial charge in [0.25, 0.3) is 0 Å². The Balaban J connectivity index is 1.16. The molecule has 62 heavy (non-hydrogen) atoms. The van der Waals surface area contributed by atoms with E-state index < -0.39 is 19.7 Å². The van der Waals surface area contributed by atoms with Crippen molar-refractivity contribution in [3.63, 3.8) is 0 Å². The predicted molar refractivity (Wildman–Crippen MR) is 247 cm³/mol. The van der Waals surface area contributed by atoms with Gasteiger partial charge in [-0.05, 0) is 120 Å². The Hall–Kier alpha value is -6.48. The van der Waals surface area contributed by atoms with Crippen molar-refractivity contribution in [1.29, 1.82) is 0 Å². The summed E-state index contributed by atoms with van der Waals surface area (Å²) in [4.78, 5) is 0.756. The highest BCUT2D eigenvalue weighted by molar-refractivity contribution is 7.92. The molecule has 4 aliphatic carbocycles. The van der Waals surface area contributed by atoms with Gasteiger partial charge in [-0.3, -0.25) is 0 Å². The summed E-state index contributed by atoms with van der Waals surface area (Å²) in [5, 5.41) is 1.78. The Morgan fingerprint density at radius 3 is 1.29 bits per heavy atom.